The van der Waals surface area contributed by atoms with Gasteiger partial charge < -0.3 is 10.2 Å². The molecule has 0 spiro atoms. The summed E-state index contributed by atoms with van der Waals surface area (Å²) in [5, 5.41) is 17.1. The third-order valence-corrected chi connectivity index (χ3v) is 1.28. The van der Waals surface area contributed by atoms with E-state index in [2.05, 4.69) is 0 Å². The molecule has 0 aromatic rings. The predicted molar refractivity (Wildman–Crippen MR) is 27.0 cm³/mol. The molecule has 5 heteroatoms. The highest BCUT2D eigenvalue weighted by Gasteiger charge is 2.46. The van der Waals surface area contributed by atoms with Crippen LogP contribution in [0.3, 0.4) is 0 Å². The van der Waals surface area contributed by atoms with Crippen molar-refractivity contribution in [3.63, 3.8) is 0 Å². The molecule has 1 aliphatic carbocycles. The van der Waals surface area contributed by atoms with Crippen LogP contribution in [0, 0.1) is 0 Å². The predicted octanol–water partition coefficient (Wildman–Crippen LogP) is -2.57. The number of carbonyl (C=O) groups excluding carboxylic acids is 3. The molecule has 2 atom stereocenters. The third-order valence-electron chi connectivity index (χ3n) is 1.28. The molecule has 2 N–H and O–H groups in total. The van der Waals surface area contributed by atoms with Gasteiger partial charge in [0.1, 0.15) is 0 Å². The van der Waals surface area contributed by atoms with Crippen molar-refractivity contribution in [1.29, 1.82) is 0 Å². The fourth-order valence-electron chi connectivity index (χ4n) is 0.677. The minimum absolute atomic E-state index is 1.13. The Bertz CT molecular complexity index is 196. The second-order valence-corrected chi connectivity index (χ2v) is 1.94. The first-order chi connectivity index (χ1) is 4.55. The lowest BCUT2D eigenvalue weighted by Gasteiger charge is -1.92. The Kier molecular flexibility index (Phi) is 1.38. The Hall–Kier alpha value is -1.07. The van der Waals surface area contributed by atoms with Crippen molar-refractivity contribution in [1.82, 2.24) is 0 Å². The number of carbonyl (C=O) groups is 3. The van der Waals surface area contributed by atoms with Crippen LogP contribution in [0.25, 0.3) is 0 Å². The summed E-state index contributed by atoms with van der Waals surface area (Å²) < 4.78 is 0. The minimum Gasteiger partial charge on any atom is -0.377 e. The maximum Gasteiger partial charge on any atom is 0.237 e. The van der Waals surface area contributed by atoms with Crippen LogP contribution in [0.15, 0.2) is 0 Å². The highest BCUT2D eigenvalue weighted by molar-refractivity contribution is 6.53. The normalized spacial score (nSPS) is 33.6. The van der Waals surface area contributed by atoms with Gasteiger partial charge in [0.2, 0.25) is 17.3 Å². The lowest BCUT2D eigenvalue weighted by Crippen LogP contribution is -2.24. The lowest BCUT2D eigenvalue weighted by atomic mass is 10.3. The van der Waals surface area contributed by atoms with Gasteiger partial charge in [-0.3, -0.25) is 14.4 Å². The topological polar surface area (TPSA) is 91.7 Å². The van der Waals surface area contributed by atoms with Gasteiger partial charge in [-0.2, -0.15) is 0 Å². The smallest absolute Gasteiger partial charge is 0.237 e. The van der Waals surface area contributed by atoms with Crippen LogP contribution in [0.5, 0.6) is 0 Å². The van der Waals surface area contributed by atoms with Gasteiger partial charge in [-0.1, -0.05) is 0 Å². The summed E-state index contributed by atoms with van der Waals surface area (Å²) in [7, 11) is 0. The van der Waals surface area contributed by atoms with E-state index in [1.54, 1.807) is 0 Å². The highest BCUT2D eigenvalue weighted by Crippen LogP contribution is 2.07. The van der Waals surface area contributed by atoms with E-state index >= 15 is 0 Å². The fourth-order valence-corrected chi connectivity index (χ4v) is 0.677. The molecular weight excluding hydrogens is 140 g/mol. The molecule has 0 heterocycles. The molecule has 1 saturated carbocycles. The monoisotopic (exact) mass is 144 g/mol. The van der Waals surface area contributed by atoms with Crippen molar-refractivity contribution in [2.75, 3.05) is 0 Å². The summed E-state index contributed by atoms with van der Waals surface area (Å²) in [5.74, 6) is -3.58. The SMILES string of the molecule is O=C1C(=O)C(O)C(=O)C1O. The highest BCUT2D eigenvalue weighted by atomic mass is 16.3. The Balaban J connectivity index is 3.00. The van der Waals surface area contributed by atoms with E-state index in [-0.39, 0.29) is 0 Å². The molecule has 2 unspecified atom stereocenters. The van der Waals surface area contributed by atoms with Crippen molar-refractivity contribution in [3.8, 4) is 0 Å². The Morgan fingerprint density at radius 2 is 1.20 bits per heavy atom. The summed E-state index contributed by atoms with van der Waals surface area (Å²) in [6.07, 6.45) is -3.88. The van der Waals surface area contributed by atoms with E-state index in [9.17, 15) is 14.4 Å². The molecule has 1 fully saturated rings. The van der Waals surface area contributed by atoms with Gasteiger partial charge in [-0.25, -0.2) is 0 Å². The molecule has 0 bridgehead atoms. The molecule has 0 aromatic heterocycles. The van der Waals surface area contributed by atoms with Crippen molar-refractivity contribution >= 4 is 17.3 Å². The van der Waals surface area contributed by atoms with Crippen molar-refractivity contribution in [2.24, 2.45) is 0 Å². The minimum atomic E-state index is -1.94. The average Bonchev–Trinajstić information content (AvgIpc) is 2.07. The zero-order valence-electron chi connectivity index (χ0n) is 4.77. The number of hydrogen-bond donors (Lipinski definition) is 2. The third kappa shape index (κ3) is 0.680. The maximum atomic E-state index is 10.4. The number of rotatable bonds is 0. The van der Waals surface area contributed by atoms with E-state index in [1.807, 2.05) is 0 Å². The van der Waals surface area contributed by atoms with E-state index in [0.717, 1.165) is 0 Å². The van der Waals surface area contributed by atoms with E-state index < -0.39 is 29.6 Å². The van der Waals surface area contributed by atoms with Gasteiger partial charge in [0.15, 0.2) is 12.2 Å². The summed E-state index contributed by atoms with van der Waals surface area (Å²) in [4.78, 5) is 31.1. The fraction of sp³-hybridized carbons (Fsp3) is 0.400. The Morgan fingerprint density at radius 1 is 0.900 bits per heavy atom. The first-order valence-electron chi connectivity index (χ1n) is 2.53. The van der Waals surface area contributed by atoms with Crippen LogP contribution in [0.1, 0.15) is 0 Å². The molecular formula is C5H4O5. The molecule has 0 aromatic carbocycles. The Morgan fingerprint density at radius 3 is 1.30 bits per heavy atom. The zero-order valence-corrected chi connectivity index (χ0v) is 4.77. The Labute approximate surface area is 55.3 Å². The number of aliphatic hydroxyl groups excluding tert-OH is 2. The molecule has 1 aliphatic rings. The lowest BCUT2D eigenvalue weighted by molar-refractivity contribution is -0.139. The molecule has 5 nitrogen and oxygen atoms in total. The molecule has 0 aliphatic heterocycles. The molecule has 0 amide bonds. The van der Waals surface area contributed by atoms with Gasteiger partial charge in [-0.05, 0) is 0 Å². The van der Waals surface area contributed by atoms with E-state index in [0.29, 0.717) is 0 Å². The van der Waals surface area contributed by atoms with Crippen molar-refractivity contribution in [3.05, 3.63) is 0 Å². The average molecular weight is 144 g/mol. The summed E-state index contributed by atoms with van der Waals surface area (Å²) in [6.45, 7) is 0. The van der Waals surface area contributed by atoms with Gasteiger partial charge in [-0.15, -0.1) is 0 Å². The first-order valence-corrected chi connectivity index (χ1v) is 2.53. The van der Waals surface area contributed by atoms with Crippen LogP contribution < -0.4 is 0 Å². The molecule has 1 rings (SSSR count). The summed E-state index contributed by atoms with van der Waals surface area (Å²) in [5.41, 5.74) is 0. The quantitative estimate of drug-likeness (QED) is 0.288. The molecule has 0 saturated heterocycles. The van der Waals surface area contributed by atoms with Gasteiger partial charge >= 0.3 is 0 Å². The number of ketones is 3. The van der Waals surface area contributed by atoms with Gasteiger partial charge in [0.25, 0.3) is 0 Å². The molecule has 54 valence electrons. The standard InChI is InChI=1S/C5H4O5/c6-1-2(7)4(9)5(10)3(1)8/h1,4,6,9H. The second-order valence-electron chi connectivity index (χ2n) is 1.94. The number of aliphatic hydroxyl groups is 2. The summed E-state index contributed by atoms with van der Waals surface area (Å²) in [6, 6.07) is 0. The molecule has 0 radical (unpaired) electrons. The zero-order chi connectivity index (χ0) is 7.89. The van der Waals surface area contributed by atoms with E-state index in [4.69, 9.17) is 10.2 Å². The number of Topliss-reactive ketones (excluding diaryl/α,β-unsaturated/α-hetero) is 3. The van der Waals surface area contributed by atoms with E-state index in [1.165, 1.54) is 0 Å². The van der Waals surface area contributed by atoms with Crippen LogP contribution in [0.2, 0.25) is 0 Å². The van der Waals surface area contributed by atoms with Crippen molar-refractivity contribution in [2.45, 2.75) is 12.2 Å². The van der Waals surface area contributed by atoms with Gasteiger partial charge in [0, 0.05) is 0 Å². The van der Waals surface area contributed by atoms with Crippen LogP contribution in [-0.2, 0) is 14.4 Å². The number of hydrogen-bond acceptors (Lipinski definition) is 5. The van der Waals surface area contributed by atoms with Crippen molar-refractivity contribution < 1.29 is 24.6 Å². The first kappa shape index (κ1) is 7.04. The second kappa shape index (κ2) is 1.96. The van der Waals surface area contributed by atoms with Gasteiger partial charge in [0.05, 0.1) is 0 Å². The molecule has 10 heavy (non-hydrogen) atoms. The maximum absolute atomic E-state index is 10.4. The van der Waals surface area contributed by atoms with Crippen LogP contribution >= 0.6 is 0 Å². The van der Waals surface area contributed by atoms with Crippen LogP contribution in [0.4, 0.5) is 0 Å². The van der Waals surface area contributed by atoms with Crippen LogP contribution in [-0.4, -0.2) is 39.8 Å². The summed E-state index contributed by atoms with van der Waals surface area (Å²) >= 11 is 0. The largest absolute Gasteiger partial charge is 0.377 e.